The lowest BCUT2D eigenvalue weighted by molar-refractivity contribution is -0.144. The Bertz CT molecular complexity index is 1010. The van der Waals surface area contributed by atoms with E-state index in [-0.39, 0.29) is 41.4 Å². The van der Waals surface area contributed by atoms with Gasteiger partial charge in [-0.2, -0.15) is 5.26 Å². The zero-order valence-electron chi connectivity index (χ0n) is 19.0. The summed E-state index contributed by atoms with van der Waals surface area (Å²) in [6, 6.07) is 9.23. The lowest BCUT2D eigenvalue weighted by atomic mass is 9.85. The van der Waals surface area contributed by atoms with Crippen molar-refractivity contribution in [1.82, 2.24) is 14.7 Å². The van der Waals surface area contributed by atoms with Gasteiger partial charge in [-0.1, -0.05) is 31.6 Å². The van der Waals surface area contributed by atoms with Gasteiger partial charge in [0.1, 0.15) is 11.9 Å². The van der Waals surface area contributed by atoms with E-state index in [0.717, 1.165) is 62.8 Å². The Hall–Kier alpha value is -2.43. The first-order chi connectivity index (χ1) is 15.9. The minimum Gasteiger partial charge on any atom is -0.355 e. The van der Waals surface area contributed by atoms with Crippen LogP contribution in [-0.2, 0) is 10.3 Å². The molecule has 0 spiro atoms. The smallest absolute Gasteiger partial charge is 0.241 e. The number of halogens is 1. The Morgan fingerprint density at radius 1 is 1.24 bits per heavy atom. The zero-order chi connectivity index (χ0) is 22.9. The summed E-state index contributed by atoms with van der Waals surface area (Å²) in [4.78, 5) is 20.2. The number of hydrogen-bond donors (Lipinski definition) is 1. The molecule has 2 bridgehead atoms. The fourth-order valence-corrected chi connectivity index (χ4v) is 7.35. The second-order valence-electron chi connectivity index (χ2n) is 10.8. The molecule has 3 aliphatic heterocycles. The number of carbonyl (C=O) groups is 1. The number of fused-ring (bicyclic) bond motifs is 3. The maximum Gasteiger partial charge on any atom is 0.241 e. The number of likely N-dealkylation sites (tertiary alicyclic amines) is 3. The van der Waals surface area contributed by atoms with Gasteiger partial charge in [0.05, 0.1) is 23.7 Å². The quantitative estimate of drug-likeness (QED) is 0.723. The summed E-state index contributed by atoms with van der Waals surface area (Å²) in [5.41, 5.74) is 8.19. The third-order valence-electron chi connectivity index (χ3n) is 8.99. The molecule has 5 fully saturated rings. The van der Waals surface area contributed by atoms with Crippen molar-refractivity contribution < 1.29 is 9.18 Å². The van der Waals surface area contributed by atoms with Gasteiger partial charge in [-0.25, -0.2) is 4.39 Å². The number of hydrogen-bond acceptors (Lipinski definition) is 5. The summed E-state index contributed by atoms with van der Waals surface area (Å²) >= 11 is 0. The van der Waals surface area contributed by atoms with Gasteiger partial charge in [0.2, 0.25) is 5.91 Å². The van der Waals surface area contributed by atoms with E-state index in [2.05, 4.69) is 27.3 Å². The van der Waals surface area contributed by atoms with Crippen LogP contribution in [0.2, 0.25) is 0 Å². The maximum atomic E-state index is 13.7. The zero-order valence-corrected chi connectivity index (χ0v) is 19.0. The van der Waals surface area contributed by atoms with E-state index >= 15 is 0 Å². The molecule has 2 N–H and O–H groups in total. The van der Waals surface area contributed by atoms with Crippen molar-refractivity contribution in [2.75, 3.05) is 13.1 Å². The molecule has 1 aromatic carbocycles. The van der Waals surface area contributed by atoms with Crippen molar-refractivity contribution in [3.8, 4) is 6.07 Å². The van der Waals surface area contributed by atoms with Gasteiger partial charge >= 0.3 is 0 Å². The number of nitrogens with zero attached hydrogens (tertiary/aromatic N) is 4. The molecule has 0 radical (unpaired) electrons. The van der Waals surface area contributed by atoms with Crippen molar-refractivity contribution in [1.29, 1.82) is 5.26 Å². The maximum absolute atomic E-state index is 13.7. The molecule has 33 heavy (non-hydrogen) atoms. The SMILES string of the molecule is C=C(C(N)CN1C[C@@H]2CC1C(=O)N2C1(c2ccc(F)cc2)CCCC1)N1C(C#N)C[C@@H]2C[C@@H]21. The lowest BCUT2D eigenvalue weighted by Gasteiger charge is -2.46. The molecule has 2 saturated carbocycles. The number of nitriles is 1. The second kappa shape index (κ2) is 7.54. The van der Waals surface area contributed by atoms with E-state index in [4.69, 9.17) is 5.73 Å². The molecule has 3 saturated heterocycles. The predicted octanol–water partition coefficient (Wildman–Crippen LogP) is 2.71. The van der Waals surface area contributed by atoms with E-state index in [0.29, 0.717) is 18.5 Å². The summed E-state index contributed by atoms with van der Waals surface area (Å²) in [6.07, 6.45) is 6.94. The number of rotatable bonds is 6. The van der Waals surface area contributed by atoms with E-state index in [1.165, 1.54) is 12.1 Å². The molecule has 3 heterocycles. The largest absolute Gasteiger partial charge is 0.355 e. The summed E-state index contributed by atoms with van der Waals surface area (Å²) < 4.78 is 13.6. The Kier molecular flexibility index (Phi) is 4.83. The molecule has 1 amide bonds. The monoisotopic (exact) mass is 449 g/mol. The molecule has 174 valence electrons. The van der Waals surface area contributed by atoms with Crippen LogP contribution < -0.4 is 5.73 Å². The van der Waals surface area contributed by atoms with Crippen LogP contribution in [0.1, 0.15) is 50.5 Å². The highest BCUT2D eigenvalue weighted by atomic mass is 19.1. The molecular formula is C26H32FN5O. The Balaban J connectivity index is 1.17. The summed E-state index contributed by atoms with van der Waals surface area (Å²) in [5, 5.41) is 9.52. The number of benzene rings is 1. The first-order valence-electron chi connectivity index (χ1n) is 12.4. The second-order valence-corrected chi connectivity index (χ2v) is 10.8. The third-order valence-corrected chi connectivity index (χ3v) is 8.99. The molecule has 5 aliphatic rings. The number of carbonyl (C=O) groups excluding carboxylic acids is 1. The van der Waals surface area contributed by atoms with Gasteiger partial charge in [0.15, 0.2) is 0 Å². The molecule has 6 rings (SSSR count). The Morgan fingerprint density at radius 2 is 1.97 bits per heavy atom. The standard InChI is InChI=1S/C26H32FN5O/c1-16(31-20(13-28)10-17-11-23(17)31)22(29)15-30-14-21-12-24(30)25(33)32(21)26(8-2-3-9-26)18-4-6-19(27)7-5-18/h4-7,17,20-24H,1-3,8-12,14-15,29H2/t17-,20?,21+,22?,23+,24?/m1/s1. The topological polar surface area (TPSA) is 76.6 Å². The normalized spacial score (nSPS) is 35.1. The van der Waals surface area contributed by atoms with Gasteiger partial charge in [0.25, 0.3) is 0 Å². The van der Waals surface area contributed by atoms with Crippen molar-refractivity contribution in [2.24, 2.45) is 11.7 Å². The summed E-state index contributed by atoms with van der Waals surface area (Å²) in [7, 11) is 0. The number of piperidine rings is 1. The predicted molar refractivity (Wildman–Crippen MR) is 122 cm³/mol. The number of amides is 1. The van der Waals surface area contributed by atoms with E-state index in [1.807, 2.05) is 12.1 Å². The fraction of sp³-hybridized carbons (Fsp3) is 0.615. The van der Waals surface area contributed by atoms with Gasteiger partial charge in [-0.3, -0.25) is 9.69 Å². The van der Waals surface area contributed by atoms with Crippen LogP contribution in [0, 0.1) is 23.1 Å². The van der Waals surface area contributed by atoms with Gasteiger partial charge in [-0.15, -0.1) is 0 Å². The number of piperazine rings is 1. The Labute approximate surface area is 194 Å². The highest BCUT2D eigenvalue weighted by Crippen LogP contribution is 2.51. The highest BCUT2D eigenvalue weighted by Gasteiger charge is 2.58. The van der Waals surface area contributed by atoms with Crippen LogP contribution in [0.15, 0.2) is 36.5 Å². The molecule has 6 atom stereocenters. The molecule has 1 aromatic rings. The average molecular weight is 450 g/mol. The van der Waals surface area contributed by atoms with Crippen LogP contribution in [0.4, 0.5) is 4.39 Å². The average Bonchev–Trinajstić information content (AvgIpc) is 3.20. The molecule has 7 heteroatoms. The van der Waals surface area contributed by atoms with Crippen molar-refractivity contribution in [3.63, 3.8) is 0 Å². The van der Waals surface area contributed by atoms with Gasteiger partial charge in [0, 0.05) is 30.9 Å². The minimum atomic E-state index is -0.307. The first kappa shape index (κ1) is 21.1. The van der Waals surface area contributed by atoms with Crippen LogP contribution in [0.3, 0.4) is 0 Å². The first-order valence-corrected chi connectivity index (χ1v) is 12.4. The molecular weight excluding hydrogens is 417 g/mol. The molecule has 0 aromatic heterocycles. The minimum absolute atomic E-state index is 0.114. The van der Waals surface area contributed by atoms with Crippen LogP contribution >= 0.6 is 0 Å². The molecule has 6 nitrogen and oxygen atoms in total. The van der Waals surface area contributed by atoms with E-state index in [1.54, 1.807) is 0 Å². The lowest BCUT2D eigenvalue weighted by Crippen LogP contribution is -2.59. The fourth-order valence-electron chi connectivity index (χ4n) is 7.35. The summed E-state index contributed by atoms with van der Waals surface area (Å²) in [6.45, 7) is 5.67. The molecule has 2 aliphatic carbocycles. The van der Waals surface area contributed by atoms with Gasteiger partial charge in [-0.05, 0) is 55.7 Å². The summed E-state index contributed by atoms with van der Waals surface area (Å²) in [5.74, 6) is 0.565. The third kappa shape index (κ3) is 3.14. The van der Waals surface area contributed by atoms with E-state index in [9.17, 15) is 14.4 Å². The van der Waals surface area contributed by atoms with Gasteiger partial charge < -0.3 is 15.5 Å². The van der Waals surface area contributed by atoms with Crippen LogP contribution in [0.25, 0.3) is 0 Å². The van der Waals surface area contributed by atoms with Crippen molar-refractivity contribution >= 4 is 5.91 Å². The van der Waals surface area contributed by atoms with Crippen molar-refractivity contribution in [2.45, 2.75) is 80.7 Å². The van der Waals surface area contributed by atoms with Crippen molar-refractivity contribution in [3.05, 3.63) is 47.9 Å². The number of nitrogens with two attached hydrogens (primary N) is 1. The molecule has 3 unspecified atom stereocenters. The van der Waals surface area contributed by atoms with Crippen LogP contribution in [-0.4, -0.2) is 63.9 Å². The highest BCUT2D eigenvalue weighted by molar-refractivity contribution is 5.87. The Morgan fingerprint density at radius 3 is 2.64 bits per heavy atom. The van der Waals surface area contributed by atoms with Crippen LogP contribution in [0.5, 0.6) is 0 Å². The van der Waals surface area contributed by atoms with E-state index < -0.39 is 0 Å².